The molecule has 1 aromatic carbocycles. The molecule has 0 aliphatic heterocycles. The van der Waals surface area contributed by atoms with Crippen LogP contribution < -0.4 is 0 Å². The van der Waals surface area contributed by atoms with E-state index in [0.717, 1.165) is 10.9 Å². The molecule has 0 atom stereocenters. The summed E-state index contributed by atoms with van der Waals surface area (Å²) in [6.07, 6.45) is 0.0668. The monoisotopic (exact) mass is 288 g/mol. The van der Waals surface area contributed by atoms with E-state index in [1.807, 2.05) is 25.1 Å². The second-order valence-electron chi connectivity index (χ2n) is 4.50. The molecular weight excluding hydrogens is 272 g/mol. The number of benzene rings is 1. The largest absolute Gasteiger partial charge is 0.460 e. The Hall–Kier alpha value is -2.43. The summed E-state index contributed by atoms with van der Waals surface area (Å²) >= 11 is 0. The van der Waals surface area contributed by atoms with Crippen LogP contribution in [0.3, 0.4) is 0 Å². The molecule has 1 aromatic heterocycles. The van der Waals surface area contributed by atoms with Crippen LogP contribution in [0.2, 0.25) is 0 Å². The molecule has 5 nitrogen and oxygen atoms in total. The third-order valence-electron chi connectivity index (χ3n) is 3.13. The Balaban J connectivity index is 2.27. The van der Waals surface area contributed by atoms with Crippen LogP contribution >= 0.6 is 0 Å². The summed E-state index contributed by atoms with van der Waals surface area (Å²) in [6, 6.07) is 7.29. The quantitative estimate of drug-likeness (QED) is 0.353. The Kier molecular flexibility index (Phi) is 4.52. The standard InChI is InChI=1S/C16H16O5/c1-3-10-11-7-5-6-8-14(11)21-15(10)12(17)9-13(18)16(19)20-4-2/h5-8H,3-4,9H2,1-2H3. The minimum atomic E-state index is -0.986. The number of rotatable bonds is 6. The maximum absolute atomic E-state index is 12.2. The molecule has 0 fully saturated rings. The Labute approximate surface area is 121 Å². The number of esters is 1. The molecule has 110 valence electrons. The lowest BCUT2D eigenvalue weighted by atomic mass is 10.0. The summed E-state index contributed by atoms with van der Waals surface area (Å²) in [5.41, 5.74) is 1.36. The van der Waals surface area contributed by atoms with Gasteiger partial charge in [0.25, 0.3) is 0 Å². The van der Waals surface area contributed by atoms with Crippen molar-refractivity contribution in [1.29, 1.82) is 0 Å². The maximum Gasteiger partial charge on any atom is 0.375 e. The van der Waals surface area contributed by atoms with Gasteiger partial charge in [-0.25, -0.2) is 4.79 Å². The predicted molar refractivity (Wildman–Crippen MR) is 76.2 cm³/mol. The van der Waals surface area contributed by atoms with E-state index >= 15 is 0 Å². The summed E-state index contributed by atoms with van der Waals surface area (Å²) in [6.45, 7) is 3.60. The smallest absolute Gasteiger partial charge is 0.375 e. The zero-order chi connectivity index (χ0) is 15.4. The summed E-state index contributed by atoms with van der Waals surface area (Å²) in [4.78, 5) is 35.1. The molecule has 0 amide bonds. The van der Waals surface area contributed by atoms with E-state index in [9.17, 15) is 14.4 Å². The molecular formula is C16H16O5. The Bertz CT molecular complexity index is 696. The summed E-state index contributed by atoms with van der Waals surface area (Å²) in [7, 11) is 0. The zero-order valence-corrected chi connectivity index (χ0v) is 12.0. The summed E-state index contributed by atoms with van der Waals surface area (Å²) in [5, 5.41) is 0.854. The van der Waals surface area contributed by atoms with Crippen molar-refractivity contribution in [2.75, 3.05) is 6.61 Å². The number of carbonyl (C=O) groups excluding carboxylic acids is 3. The number of Topliss-reactive ketones (excluding diaryl/α,β-unsaturated/α-hetero) is 2. The van der Waals surface area contributed by atoms with Crippen LogP contribution in [0.4, 0.5) is 0 Å². The lowest BCUT2D eigenvalue weighted by Gasteiger charge is -2.01. The number of hydrogen-bond acceptors (Lipinski definition) is 5. The molecule has 5 heteroatoms. The van der Waals surface area contributed by atoms with Gasteiger partial charge in [-0.05, 0) is 19.4 Å². The van der Waals surface area contributed by atoms with Crippen molar-refractivity contribution in [1.82, 2.24) is 0 Å². The van der Waals surface area contributed by atoms with Crippen molar-refractivity contribution in [2.24, 2.45) is 0 Å². The highest BCUT2D eigenvalue weighted by Crippen LogP contribution is 2.27. The highest BCUT2D eigenvalue weighted by Gasteiger charge is 2.25. The first-order valence-corrected chi connectivity index (χ1v) is 6.82. The maximum atomic E-state index is 12.2. The molecule has 2 rings (SSSR count). The summed E-state index contributed by atoms with van der Waals surface area (Å²) in [5.74, 6) is -2.19. The third-order valence-corrected chi connectivity index (χ3v) is 3.13. The van der Waals surface area contributed by atoms with Gasteiger partial charge in [0.05, 0.1) is 13.0 Å². The van der Waals surface area contributed by atoms with Crippen LogP contribution in [0.25, 0.3) is 11.0 Å². The van der Waals surface area contributed by atoms with E-state index in [-0.39, 0.29) is 12.4 Å². The number of aryl methyl sites for hydroxylation is 1. The molecule has 0 spiro atoms. The van der Waals surface area contributed by atoms with Crippen LogP contribution in [0.15, 0.2) is 28.7 Å². The Morgan fingerprint density at radius 2 is 1.86 bits per heavy atom. The zero-order valence-electron chi connectivity index (χ0n) is 12.0. The van der Waals surface area contributed by atoms with Gasteiger partial charge in [-0.1, -0.05) is 25.1 Å². The van der Waals surface area contributed by atoms with E-state index < -0.39 is 24.0 Å². The number of fused-ring (bicyclic) bond motifs is 1. The van der Waals surface area contributed by atoms with E-state index in [0.29, 0.717) is 12.0 Å². The van der Waals surface area contributed by atoms with Crippen molar-refractivity contribution in [3.05, 3.63) is 35.6 Å². The van der Waals surface area contributed by atoms with E-state index in [4.69, 9.17) is 4.42 Å². The first-order valence-electron chi connectivity index (χ1n) is 6.82. The predicted octanol–water partition coefficient (Wildman–Crippen LogP) is 2.70. The van der Waals surface area contributed by atoms with Gasteiger partial charge in [-0.3, -0.25) is 9.59 Å². The fraction of sp³-hybridized carbons (Fsp3) is 0.312. The lowest BCUT2D eigenvalue weighted by molar-refractivity contribution is -0.153. The average Bonchev–Trinajstić information content (AvgIpc) is 2.86. The molecule has 0 radical (unpaired) electrons. The van der Waals surface area contributed by atoms with Crippen molar-refractivity contribution in [2.45, 2.75) is 26.7 Å². The SMILES string of the molecule is CCOC(=O)C(=O)CC(=O)c1oc2ccccc2c1CC. The lowest BCUT2D eigenvalue weighted by Crippen LogP contribution is -2.20. The fourth-order valence-corrected chi connectivity index (χ4v) is 2.18. The Morgan fingerprint density at radius 1 is 1.14 bits per heavy atom. The highest BCUT2D eigenvalue weighted by atomic mass is 16.5. The van der Waals surface area contributed by atoms with Crippen LogP contribution in [0, 0.1) is 0 Å². The molecule has 1 heterocycles. The van der Waals surface area contributed by atoms with Gasteiger partial charge in [0, 0.05) is 10.9 Å². The Morgan fingerprint density at radius 3 is 2.52 bits per heavy atom. The molecule has 2 aromatic rings. The van der Waals surface area contributed by atoms with Gasteiger partial charge < -0.3 is 9.15 Å². The minimum absolute atomic E-state index is 0.101. The average molecular weight is 288 g/mol. The number of carbonyl (C=O) groups is 3. The molecule has 0 aliphatic carbocycles. The van der Waals surface area contributed by atoms with E-state index in [1.54, 1.807) is 13.0 Å². The van der Waals surface area contributed by atoms with Crippen LogP contribution in [0.5, 0.6) is 0 Å². The number of ether oxygens (including phenoxy) is 1. The van der Waals surface area contributed by atoms with Gasteiger partial charge in [-0.2, -0.15) is 0 Å². The number of ketones is 2. The molecule has 21 heavy (non-hydrogen) atoms. The van der Waals surface area contributed by atoms with E-state index in [1.165, 1.54) is 0 Å². The van der Waals surface area contributed by atoms with Crippen molar-refractivity contribution >= 4 is 28.5 Å². The van der Waals surface area contributed by atoms with Gasteiger partial charge >= 0.3 is 5.97 Å². The second kappa shape index (κ2) is 6.35. The number of furan rings is 1. The first kappa shape index (κ1) is 15.0. The minimum Gasteiger partial charge on any atom is -0.460 e. The van der Waals surface area contributed by atoms with E-state index in [2.05, 4.69) is 4.74 Å². The second-order valence-corrected chi connectivity index (χ2v) is 4.50. The van der Waals surface area contributed by atoms with Gasteiger partial charge in [0.2, 0.25) is 11.6 Å². The third kappa shape index (κ3) is 3.02. The molecule has 0 unspecified atom stereocenters. The van der Waals surface area contributed by atoms with Gasteiger partial charge in [0.1, 0.15) is 5.58 Å². The number of hydrogen-bond donors (Lipinski definition) is 0. The van der Waals surface area contributed by atoms with Crippen LogP contribution in [-0.4, -0.2) is 24.1 Å². The van der Waals surface area contributed by atoms with Gasteiger partial charge in [0.15, 0.2) is 5.76 Å². The van der Waals surface area contributed by atoms with Crippen LogP contribution in [0.1, 0.15) is 36.4 Å². The molecule has 0 saturated heterocycles. The number of para-hydroxylation sites is 1. The molecule has 0 aliphatic rings. The van der Waals surface area contributed by atoms with Crippen molar-refractivity contribution < 1.29 is 23.5 Å². The molecule has 0 N–H and O–H groups in total. The van der Waals surface area contributed by atoms with Gasteiger partial charge in [-0.15, -0.1) is 0 Å². The van der Waals surface area contributed by atoms with Crippen molar-refractivity contribution in [3.8, 4) is 0 Å². The first-order chi connectivity index (χ1) is 10.1. The summed E-state index contributed by atoms with van der Waals surface area (Å²) < 4.78 is 10.1. The van der Waals surface area contributed by atoms with Crippen molar-refractivity contribution in [3.63, 3.8) is 0 Å². The normalized spacial score (nSPS) is 10.6. The molecule has 0 saturated carbocycles. The topological polar surface area (TPSA) is 73.6 Å². The van der Waals surface area contributed by atoms with Crippen LogP contribution in [-0.2, 0) is 20.7 Å². The highest BCUT2D eigenvalue weighted by molar-refractivity contribution is 6.38. The fourth-order valence-electron chi connectivity index (χ4n) is 2.18. The molecule has 0 bridgehead atoms.